The van der Waals surface area contributed by atoms with Crippen molar-refractivity contribution in [1.82, 2.24) is 9.62 Å². The summed E-state index contributed by atoms with van der Waals surface area (Å²) >= 11 is 0. The van der Waals surface area contributed by atoms with Gasteiger partial charge in [-0.25, -0.2) is 17.5 Å². The maximum Gasteiger partial charge on any atom is 0.245 e. The first-order valence-corrected chi connectivity index (χ1v) is 8.76. The van der Waals surface area contributed by atoms with Gasteiger partial charge in [0.25, 0.3) is 0 Å². The third-order valence-electron chi connectivity index (χ3n) is 4.41. The number of nitrogens with zero attached hydrogens (tertiary/aromatic N) is 1. The van der Waals surface area contributed by atoms with Crippen molar-refractivity contribution in [3.05, 3.63) is 24.0 Å². The van der Waals surface area contributed by atoms with Crippen LogP contribution in [0.15, 0.2) is 23.1 Å². The molecule has 2 unspecified atom stereocenters. The molecule has 7 heteroatoms. The number of nitrogens with two attached hydrogens (primary N) is 1. The number of hydrogen-bond donors (Lipinski definition) is 2. The molecule has 1 aromatic rings. The van der Waals surface area contributed by atoms with Crippen LogP contribution in [0, 0.1) is 5.82 Å². The van der Waals surface area contributed by atoms with Crippen LogP contribution in [0.1, 0.15) is 25.7 Å². The summed E-state index contributed by atoms with van der Waals surface area (Å²) in [5.41, 5.74) is 5.58. The van der Waals surface area contributed by atoms with Gasteiger partial charge in [-0.2, -0.15) is 0 Å². The summed E-state index contributed by atoms with van der Waals surface area (Å²) in [7, 11) is -3.92. The average molecular weight is 313 g/mol. The molecule has 3 rings (SSSR count). The van der Waals surface area contributed by atoms with Crippen LogP contribution in [0.4, 0.5) is 10.1 Å². The summed E-state index contributed by atoms with van der Waals surface area (Å²) in [6.45, 7) is 2.00. The van der Waals surface area contributed by atoms with Gasteiger partial charge in [0, 0.05) is 12.1 Å². The number of nitrogens with one attached hydrogen (secondary N) is 1. The first-order valence-electron chi connectivity index (χ1n) is 7.28. The van der Waals surface area contributed by atoms with E-state index in [2.05, 4.69) is 9.62 Å². The average Bonchev–Trinajstić information content (AvgIpc) is 2.85. The minimum Gasteiger partial charge on any atom is -0.398 e. The van der Waals surface area contributed by atoms with E-state index in [9.17, 15) is 12.8 Å². The standard InChI is InChI=1S/C14H20FN3O2S/c15-12-4-1-5-13(16)14(12)21(19,20)17-10-6-8-18-7-2-3-11(18)9-10/h1,4-5,10-11,17H,2-3,6-9,16H2. The minimum atomic E-state index is -3.92. The van der Waals surface area contributed by atoms with Gasteiger partial charge in [-0.1, -0.05) is 6.07 Å². The Hall–Kier alpha value is -1.18. The maximum absolute atomic E-state index is 13.8. The molecule has 3 N–H and O–H groups in total. The molecule has 0 aromatic heterocycles. The second-order valence-electron chi connectivity index (χ2n) is 5.83. The van der Waals surface area contributed by atoms with Gasteiger partial charge in [0.2, 0.25) is 10.0 Å². The van der Waals surface area contributed by atoms with Crippen molar-refractivity contribution in [2.24, 2.45) is 0 Å². The topological polar surface area (TPSA) is 75.4 Å². The van der Waals surface area contributed by atoms with E-state index in [0.29, 0.717) is 6.04 Å². The Balaban J connectivity index is 1.77. The van der Waals surface area contributed by atoms with Crippen molar-refractivity contribution < 1.29 is 12.8 Å². The summed E-state index contributed by atoms with van der Waals surface area (Å²) in [6, 6.07) is 4.22. The first-order chi connectivity index (χ1) is 9.97. The van der Waals surface area contributed by atoms with Gasteiger partial charge in [0.15, 0.2) is 0 Å². The third kappa shape index (κ3) is 2.90. The van der Waals surface area contributed by atoms with Crippen molar-refractivity contribution in [3.8, 4) is 0 Å². The fourth-order valence-corrected chi connectivity index (χ4v) is 4.89. The second kappa shape index (κ2) is 5.55. The number of hydrogen-bond acceptors (Lipinski definition) is 4. The molecule has 0 bridgehead atoms. The lowest BCUT2D eigenvalue weighted by Gasteiger charge is -2.35. The molecule has 5 nitrogen and oxygen atoms in total. The Morgan fingerprint density at radius 2 is 2.10 bits per heavy atom. The molecule has 0 amide bonds. The third-order valence-corrected chi connectivity index (χ3v) is 6.02. The lowest BCUT2D eigenvalue weighted by Crippen LogP contribution is -2.47. The van der Waals surface area contributed by atoms with Gasteiger partial charge >= 0.3 is 0 Å². The lowest BCUT2D eigenvalue weighted by atomic mass is 9.99. The summed E-state index contributed by atoms with van der Waals surface area (Å²) in [5.74, 6) is -0.805. The molecule has 0 aliphatic carbocycles. The Bertz CT molecular complexity index is 615. The normalized spacial score (nSPS) is 26.7. The fraction of sp³-hybridized carbons (Fsp3) is 0.571. The van der Waals surface area contributed by atoms with E-state index in [0.717, 1.165) is 38.4 Å². The molecule has 2 aliphatic heterocycles. The number of anilines is 1. The number of fused-ring (bicyclic) bond motifs is 1. The van der Waals surface area contributed by atoms with Crippen LogP contribution in [0.5, 0.6) is 0 Å². The number of benzene rings is 1. The van der Waals surface area contributed by atoms with Gasteiger partial charge in [0.1, 0.15) is 10.7 Å². The number of sulfonamides is 1. The molecule has 2 atom stereocenters. The van der Waals surface area contributed by atoms with Crippen LogP contribution >= 0.6 is 0 Å². The quantitative estimate of drug-likeness (QED) is 0.825. The van der Waals surface area contributed by atoms with Gasteiger partial charge in [-0.3, -0.25) is 0 Å². The molecule has 0 spiro atoms. The molecular formula is C14H20FN3O2S. The predicted octanol–water partition coefficient (Wildman–Crippen LogP) is 1.31. The molecule has 21 heavy (non-hydrogen) atoms. The van der Waals surface area contributed by atoms with Crippen LogP contribution in [0.2, 0.25) is 0 Å². The van der Waals surface area contributed by atoms with Gasteiger partial charge < -0.3 is 10.6 Å². The molecule has 2 saturated heterocycles. The Morgan fingerprint density at radius 3 is 2.86 bits per heavy atom. The van der Waals surface area contributed by atoms with E-state index in [-0.39, 0.29) is 11.7 Å². The largest absolute Gasteiger partial charge is 0.398 e. The minimum absolute atomic E-state index is 0.0548. The van der Waals surface area contributed by atoms with Crippen LogP contribution in [-0.4, -0.2) is 38.5 Å². The fourth-order valence-electron chi connectivity index (χ4n) is 3.42. The highest BCUT2D eigenvalue weighted by Crippen LogP contribution is 2.28. The van der Waals surface area contributed by atoms with Crippen LogP contribution in [0.25, 0.3) is 0 Å². The van der Waals surface area contributed by atoms with Crippen LogP contribution in [-0.2, 0) is 10.0 Å². The molecule has 116 valence electrons. The molecule has 0 saturated carbocycles. The monoisotopic (exact) mass is 313 g/mol. The number of nitrogen functional groups attached to an aromatic ring is 1. The predicted molar refractivity (Wildman–Crippen MR) is 78.8 cm³/mol. The summed E-state index contributed by atoms with van der Waals surface area (Å²) in [5, 5.41) is 0. The zero-order chi connectivity index (χ0) is 15.0. The first kappa shape index (κ1) is 14.7. The van der Waals surface area contributed by atoms with Gasteiger partial charge in [0.05, 0.1) is 5.69 Å². The van der Waals surface area contributed by atoms with Crippen LogP contribution in [0.3, 0.4) is 0 Å². The Kier molecular flexibility index (Phi) is 3.90. The summed E-state index contributed by atoms with van der Waals surface area (Å²) < 4.78 is 41.2. The van der Waals surface area contributed by atoms with Gasteiger partial charge in [-0.15, -0.1) is 0 Å². The highest BCUT2D eigenvalue weighted by atomic mass is 32.2. The Labute approximate surface area is 124 Å². The van der Waals surface area contributed by atoms with Crippen molar-refractivity contribution in [2.75, 3.05) is 18.8 Å². The molecule has 1 aromatic carbocycles. The van der Waals surface area contributed by atoms with E-state index in [1.807, 2.05) is 0 Å². The van der Waals surface area contributed by atoms with E-state index in [1.165, 1.54) is 18.6 Å². The van der Waals surface area contributed by atoms with E-state index in [4.69, 9.17) is 5.73 Å². The molecule has 2 heterocycles. The molecule has 0 radical (unpaired) electrons. The van der Waals surface area contributed by atoms with Crippen LogP contribution < -0.4 is 10.5 Å². The SMILES string of the molecule is Nc1cccc(F)c1S(=O)(=O)NC1CCN2CCCC2C1. The van der Waals surface area contributed by atoms with Crippen molar-refractivity contribution in [3.63, 3.8) is 0 Å². The Morgan fingerprint density at radius 1 is 1.29 bits per heavy atom. The van der Waals surface area contributed by atoms with E-state index in [1.54, 1.807) is 0 Å². The zero-order valence-electron chi connectivity index (χ0n) is 11.8. The zero-order valence-corrected chi connectivity index (χ0v) is 12.6. The van der Waals surface area contributed by atoms with Crippen molar-refractivity contribution in [1.29, 1.82) is 0 Å². The van der Waals surface area contributed by atoms with E-state index >= 15 is 0 Å². The highest BCUT2D eigenvalue weighted by Gasteiger charge is 2.34. The number of halogens is 1. The van der Waals surface area contributed by atoms with Crippen molar-refractivity contribution >= 4 is 15.7 Å². The molecule has 2 aliphatic rings. The molecular weight excluding hydrogens is 293 g/mol. The van der Waals surface area contributed by atoms with Crippen molar-refractivity contribution in [2.45, 2.75) is 42.7 Å². The van der Waals surface area contributed by atoms with Gasteiger partial charge in [-0.05, 0) is 50.9 Å². The maximum atomic E-state index is 13.8. The molecule has 2 fully saturated rings. The number of piperidine rings is 1. The lowest BCUT2D eigenvalue weighted by molar-refractivity contribution is 0.176. The van der Waals surface area contributed by atoms with E-state index < -0.39 is 20.7 Å². The smallest absolute Gasteiger partial charge is 0.245 e. The highest BCUT2D eigenvalue weighted by molar-refractivity contribution is 7.89. The number of rotatable bonds is 3. The second-order valence-corrected chi connectivity index (χ2v) is 7.48. The summed E-state index contributed by atoms with van der Waals surface area (Å²) in [4.78, 5) is 1.97. The summed E-state index contributed by atoms with van der Waals surface area (Å²) in [6.07, 6.45) is 3.82.